The number of ether oxygens (including phenoxy) is 1. The minimum atomic E-state index is -1.03. The van der Waals surface area contributed by atoms with Crippen LogP contribution in [0, 0.1) is 6.92 Å². The summed E-state index contributed by atoms with van der Waals surface area (Å²) < 4.78 is 17.3. The van der Waals surface area contributed by atoms with E-state index >= 15 is 0 Å². The zero-order valence-corrected chi connectivity index (χ0v) is 10.4. The Labute approximate surface area is 106 Å². The number of carboxylic acid groups (broad SMARTS) is 1. The minimum absolute atomic E-state index is 0.251. The number of aryl methyl sites for hydroxylation is 1. The normalized spacial score (nSPS) is 12.2. The minimum Gasteiger partial charge on any atom is -0.493 e. The number of nitrogens with two attached hydrogens (primary N) is 1. The van der Waals surface area contributed by atoms with E-state index in [2.05, 4.69) is 0 Å². The Morgan fingerprint density at radius 3 is 2.89 bits per heavy atom. The van der Waals surface area contributed by atoms with Crippen LogP contribution < -0.4 is 10.5 Å². The summed E-state index contributed by atoms with van der Waals surface area (Å²) in [6.45, 7) is 1.78. The molecule has 18 heavy (non-hydrogen) atoms. The van der Waals surface area contributed by atoms with Gasteiger partial charge >= 0.3 is 5.97 Å². The van der Waals surface area contributed by atoms with E-state index in [-0.39, 0.29) is 6.42 Å². The molecule has 0 aliphatic heterocycles. The van der Waals surface area contributed by atoms with Crippen LogP contribution in [0.2, 0.25) is 0 Å². The highest BCUT2D eigenvalue weighted by atomic mass is 19.1. The number of aliphatic carboxylic acids is 1. The van der Waals surface area contributed by atoms with Gasteiger partial charge in [-0.15, -0.1) is 0 Å². The summed E-state index contributed by atoms with van der Waals surface area (Å²) in [5, 5.41) is 8.78. The molecule has 1 aromatic rings. The van der Waals surface area contributed by atoms with Crippen LogP contribution in [-0.4, -0.2) is 30.4 Å². The first-order valence-electron chi connectivity index (χ1n) is 5.81. The molecule has 0 saturated carbocycles. The lowest BCUT2D eigenvalue weighted by atomic mass is 10.0. The number of carbonyl (C=O) groups is 1. The van der Waals surface area contributed by atoms with Crippen LogP contribution in [0.25, 0.3) is 0 Å². The predicted molar refractivity (Wildman–Crippen MR) is 66.6 cm³/mol. The first kappa shape index (κ1) is 14.4. The van der Waals surface area contributed by atoms with Crippen LogP contribution >= 0.6 is 0 Å². The lowest BCUT2D eigenvalue weighted by Gasteiger charge is -2.12. The topological polar surface area (TPSA) is 72.5 Å². The maximum atomic E-state index is 11.9. The van der Waals surface area contributed by atoms with E-state index < -0.39 is 18.7 Å². The summed E-state index contributed by atoms with van der Waals surface area (Å²) in [6, 6.07) is 4.46. The molecule has 0 aliphatic carbocycles. The lowest BCUT2D eigenvalue weighted by molar-refractivity contribution is -0.138. The van der Waals surface area contributed by atoms with Crippen molar-refractivity contribution >= 4 is 5.97 Å². The number of halogens is 1. The van der Waals surface area contributed by atoms with Gasteiger partial charge in [0, 0.05) is 6.42 Å². The molecule has 0 aromatic heterocycles. The molecule has 0 amide bonds. The monoisotopic (exact) mass is 255 g/mol. The number of carboxylic acids is 1. The third-order valence-corrected chi connectivity index (χ3v) is 2.62. The first-order chi connectivity index (χ1) is 8.54. The first-order valence-corrected chi connectivity index (χ1v) is 5.81. The summed E-state index contributed by atoms with van der Waals surface area (Å²) >= 11 is 0. The quantitative estimate of drug-likeness (QED) is 0.727. The van der Waals surface area contributed by atoms with Gasteiger partial charge in [0.1, 0.15) is 11.8 Å². The molecule has 0 heterocycles. The van der Waals surface area contributed by atoms with Gasteiger partial charge in [-0.2, -0.15) is 0 Å². The van der Waals surface area contributed by atoms with Crippen molar-refractivity contribution in [3.63, 3.8) is 0 Å². The van der Waals surface area contributed by atoms with Crippen molar-refractivity contribution in [3.8, 4) is 5.75 Å². The Morgan fingerprint density at radius 2 is 2.28 bits per heavy atom. The Kier molecular flexibility index (Phi) is 5.58. The fraction of sp³-hybridized carbons (Fsp3) is 0.462. The summed E-state index contributed by atoms with van der Waals surface area (Å²) in [5.74, 6) is -0.417. The molecule has 0 aliphatic rings. The Bertz CT molecular complexity index is 409. The second kappa shape index (κ2) is 6.96. The fourth-order valence-corrected chi connectivity index (χ4v) is 1.53. The molecular formula is C13H18FNO3. The summed E-state index contributed by atoms with van der Waals surface area (Å²) in [7, 11) is 0. The van der Waals surface area contributed by atoms with Crippen molar-refractivity contribution in [1.29, 1.82) is 0 Å². The molecule has 1 rings (SSSR count). The zero-order valence-electron chi connectivity index (χ0n) is 10.4. The van der Waals surface area contributed by atoms with Crippen LogP contribution in [0.3, 0.4) is 0 Å². The van der Waals surface area contributed by atoms with Crippen LogP contribution in [0.4, 0.5) is 4.39 Å². The summed E-state index contributed by atoms with van der Waals surface area (Å²) in [6.07, 6.45) is 0.597. The van der Waals surface area contributed by atoms with Crippen molar-refractivity contribution in [2.75, 3.05) is 13.3 Å². The average Bonchev–Trinajstić information content (AvgIpc) is 2.33. The molecule has 1 atom stereocenters. The Hall–Kier alpha value is -1.62. The van der Waals surface area contributed by atoms with E-state index in [4.69, 9.17) is 15.6 Å². The van der Waals surface area contributed by atoms with E-state index in [0.717, 1.165) is 11.1 Å². The fourth-order valence-electron chi connectivity index (χ4n) is 1.53. The molecular weight excluding hydrogens is 237 g/mol. The maximum absolute atomic E-state index is 11.9. The van der Waals surface area contributed by atoms with Gasteiger partial charge in [0.25, 0.3) is 0 Å². The van der Waals surface area contributed by atoms with Crippen molar-refractivity contribution in [1.82, 2.24) is 0 Å². The highest BCUT2D eigenvalue weighted by Crippen LogP contribution is 2.19. The molecule has 0 spiro atoms. The molecule has 5 heteroatoms. The summed E-state index contributed by atoms with van der Waals surface area (Å²) in [5.41, 5.74) is 7.30. The van der Waals surface area contributed by atoms with E-state index in [9.17, 15) is 9.18 Å². The van der Waals surface area contributed by atoms with E-state index in [0.29, 0.717) is 18.8 Å². The van der Waals surface area contributed by atoms with Crippen molar-refractivity contribution < 1.29 is 19.0 Å². The molecule has 0 fully saturated rings. The molecule has 3 N–H and O–H groups in total. The Morgan fingerprint density at radius 1 is 1.56 bits per heavy atom. The third-order valence-electron chi connectivity index (χ3n) is 2.62. The number of rotatable bonds is 7. The molecule has 0 saturated heterocycles. The van der Waals surface area contributed by atoms with Crippen molar-refractivity contribution in [2.45, 2.75) is 25.8 Å². The van der Waals surface area contributed by atoms with Crippen molar-refractivity contribution in [3.05, 3.63) is 29.3 Å². The van der Waals surface area contributed by atoms with Gasteiger partial charge in [0.05, 0.1) is 13.3 Å². The van der Waals surface area contributed by atoms with Crippen LogP contribution in [0.15, 0.2) is 18.2 Å². The SMILES string of the molecule is Cc1ccc(OCCCF)cc1CC(N)C(=O)O. The molecule has 4 nitrogen and oxygen atoms in total. The highest BCUT2D eigenvalue weighted by molar-refractivity contribution is 5.73. The number of alkyl halides is 1. The van der Waals surface area contributed by atoms with Crippen molar-refractivity contribution in [2.24, 2.45) is 5.73 Å². The lowest BCUT2D eigenvalue weighted by Crippen LogP contribution is -2.32. The van der Waals surface area contributed by atoms with Gasteiger partial charge in [0.15, 0.2) is 0 Å². The van der Waals surface area contributed by atoms with E-state index in [1.54, 1.807) is 12.1 Å². The van der Waals surface area contributed by atoms with Gasteiger partial charge in [-0.05, 0) is 36.6 Å². The maximum Gasteiger partial charge on any atom is 0.320 e. The van der Waals surface area contributed by atoms with Crippen LogP contribution in [0.1, 0.15) is 17.5 Å². The highest BCUT2D eigenvalue weighted by Gasteiger charge is 2.14. The summed E-state index contributed by atoms with van der Waals surface area (Å²) in [4.78, 5) is 10.7. The molecule has 0 radical (unpaired) electrons. The molecule has 1 aromatic carbocycles. The van der Waals surface area contributed by atoms with Crippen LogP contribution in [0.5, 0.6) is 5.75 Å². The van der Waals surface area contributed by atoms with Gasteiger partial charge in [-0.3, -0.25) is 9.18 Å². The van der Waals surface area contributed by atoms with E-state index in [1.807, 2.05) is 13.0 Å². The molecule has 0 bridgehead atoms. The van der Waals surface area contributed by atoms with E-state index in [1.165, 1.54) is 0 Å². The number of hydrogen-bond acceptors (Lipinski definition) is 3. The smallest absolute Gasteiger partial charge is 0.320 e. The Balaban J connectivity index is 2.71. The number of hydrogen-bond donors (Lipinski definition) is 2. The van der Waals surface area contributed by atoms with Gasteiger partial charge in [-0.25, -0.2) is 0 Å². The second-order valence-electron chi connectivity index (χ2n) is 4.13. The predicted octanol–water partition coefficient (Wildman–Crippen LogP) is 1.69. The van der Waals surface area contributed by atoms with Gasteiger partial charge in [-0.1, -0.05) is 6.07 Å². The van der Waals surface area contributed by atoms with Gasteiger partial charge in [0.2, 0.25) is 0 Å². The zero-order chi connectivity index (χ0) is 13.5. The third kappa shape index (κ3) is 4.33. The molecule has 1 unspecified atom stereocenters. The largest absolute Gasteiger partial charge is 0.493 e. The van der Waals surface area contributed by atoms with Crippen LogP contribution in [-0.2, 0) is 11.2 Å². The number of benzene rings is 1. The standard InChI is InChI=1S/C13H18FNO3/c1-9-3-4-11(18-6-2-5-14)7-10(9)8-12(15)13(16)17/h3-4,7,12H,2,5-6,8,15H2,1H3,(H,16,17). The van der Waals surface area contributed by atoms with Gasteiger partial charge < -0.3 is 15.6 Å². The average molecular weight is 255 g/mol. The second-order valence-corrected chi connectivity index (χ2v) is 4.13. The molecule has 100 valence electrons.